The van der Waals surface area contributed by atoms with Crippen LogP contribution in [0.5, 0.6) is 11.5 Å². The molecule has 9 nitrogen and oxygen atoms in total. The van der Waals surface area contributed by atoms with Crippen LogP contribution in [0.4, 0.5) is 21.7 Å². The lowest BCUT2D eigenvalue weighted by Crippen LogP contribution is -2.18. The van der Waals surface area contributed by atoms with Crippen molar-refractivity contribution in [1.82, 2.24) is 19.9 Å². The summed E-state index contributed by atoms with van der Waals surface area (Å²) in [6.07, 6.45) is 1.44. The van der Waals surface area contributed by atoms with Crippen molar-refractivity contribution in [3.05, 3.63) is 35.8 Å². The molecule has 3 N–H and O–H groups in total. The van der Waals surface area contributed by atoms with Crippen molar-refractivity contribution in [3.63, 3.8) is 0 Å². The molecule has 3 aromatic rings. The maximum absolute atomic E-state index is 13.9. The average Bonchev–Trinajstić information content (AvgIpc) is 3.10. The third-order valence-electron chi connectivity index (χ3n) is 4.07. The first-order valence-corrected chi connectivity index (χ1v) is 8.25. The van der Waals surface area contributed by atoms with Gasteiger partial charge in [0.1, 0.15) is 36.2 Å². The van der Waals surface area contributed by atoms with E-state index in [0.717, 1.165) is 0 Å². The third-order valence-corrected chi connectivity index (χ3v) is 4.07. The standard InChI is InChI=1S/C17H17FN6O3/c1-19-14-7-13(23-16-10(17(25)20-2)8-21-24(14)16)22-11-5-9(18)6-12-15(11)27-4-3-26-12/h5-8,19H,3-4H2,1-2H3,(H,20,25)(H,22,23). The topological polar surface area (TPSA) is 102 Å². The number of nitrogens with one attached hydrogen (secondary N) is 3. The number of anilines is 3. The minimum atomic E-state index is -0.466. The van der Waals surface area contributed by atoms with Gasteiger partial charge in [-0.25, -0.2) is 9.37 Å². The lowest BCUT2D eigenvalue weighted by atomic mass is 10.2. The van der Waals surface area contributed by atoms with Gasteiger partial charge in [-0.1, -0.05) is 0 Å². The largest absolute Gasteiger partial charge is 0.486 e. The molecule has 0 saturated heterocycles. The Hall–Kier alpha value is -3.56. The summed E-state index contributed by atoms with van der Waals surface area (Å²) in [4.78, 5) is 16.5. The number of hydrogen-bond acceptors (Lipinski definition) is 7. The minimum absolute atomic E-state index is 0.309. The van der Waals surface area contributed by atoms with Crippen LogP contribution in [0.1, 0.15) is 10.4 Å². The molecular formula is C17H17FN6O3. The number of carbonyl (C=O) groups is 1. The van der Waals surface area contributed by atoms with E-state index in [2.05, 4.69) is 26.0 Å². The molecule has 3 heterocycles. The van der Waals surface area contributed by atoms with Gasteiger partial charge in [-0.3, -0.25) is 4.79 Å². The van der Waals surface area contributed by atoms with Gasteiger partial charge in [0.05, 0.1) is 11.9 Å². The Kier molecular flexibility index (Phi) is 4.15. The molecule has 0 saturated carbocycles. The number of amides is 1. The van der Waals surface area contributed by atoms with E-state index in [1.54, 1.807) is 13.1 Å². The SMILES string of the molecule is CNC(=O)c1cnn2c(NC)cc(Nc3cc(F)cc4c3OCCO4)nc12. The van der Waals surface area contributed by atoms with Crippen molar-refractivity contribution < 1.29 is 18.7 Å². The Labute approximate surface area is 153 Å². The molecule has 0 spiro atoms. The molecule has 1 aliphatic heterocycles. The molecule has 0 aliphatic carbocycles. The predicted octanol–water partition coefficient (Wildman–Crippen LogP) is 1.78. The van der Waals surface area contributed by atoms with Crippen molar-refractivity contribution in [2.75, 3.05) is 37.9 Å². The summed E-state index contributed by atoms with van der Waals surface area (Å²) in [5.74, 6) is 0.952. The molecule has 0 atom stereocenters. The molecule has 1 aliphatic rings. The molecule has 1 amide bonds. The second kappa shape index (κ2) is 6.63. The van der Waals surface area contributed by atoms with Crippen LogP contribution in [0.2, 0.25) is 0 Å². The average molecular weight is 372 g/mol. The molecule has 10 heteroatoms. The lowest BCUT2D eigenvalue weighted by molar-refractivity contribution is 0.0964. The second-order valence-electron chi connectivity index (χ2n) is 5.75. The highest BCUT2D eigenvalue weighted by molar-refractivity contribution is 6.00. The Morgan fingerprint density at radius 2 is 2.04 bits per heavy atom. The number of carbonyl (C=O) groups excluding carboxylic acids is 1. The first-order chi connectivity index (χ1) is 13.1. The highest BCUT2D eigenvalue weighted by Gasteiger charge is 2.20. The van der Waals surface area contributed by atoms with Gasteiger partial charge in [0.25, 0.3) is 5.91 Å². The lowest BCUT2D eigenvalue weighted by Gasteiger charge is -2.21. The van der Waals surface area contributed by atoms with Crippen LogP contribution in [-0.2, 0) is 0 Å². The van der Waals surface area contributed by atoms with E-state index < -0.39 is 5.82 Å². The van der Waals surface area contributed by atoms with Gasteiger partial charge >= 0.3 is 0 Å². The van der Waals surface area contributed by atoms with Crippen LogP contribution in [0.15, 0.2) is 24.4 Å². The summed E-state index contributed by atoms with van der Waals surface area (Å²) in [6.45, 7) is 0.723. The Bertz CT molecular complexity index is 1040. The van der Waals surface area contributed by atoms with Crippen molar-refractivity contribution in [2.45, 2.75) is 0 Å². The Balaban J connectivity index is 1.81. The van der Waals surface area contributed by atoms with E-state index >= 15 is 0 Å². The molecule has 27 heavy (non-hydrogen) atoms. The number of hydrogen-bond donors (Lipinski definition) is 3. The van der Waals surface area contributed by atoms with E-state index in [-0.39, 0.29) is 5.91 Å². The maximum atomic E-state index is 13.9. The van der Waals surface area contributed by atoms with Gasteiger partial charge in [-0.2, -0.15) is 9.61 Å². The third kappa shape index (κ3) is 2.94. The number of nitrogens with zero attached hydrogens (tertiary/aromatic N) is 3. The first kappa shape index (κ1) is 16.9. The fraction of sp³-hybridized carbons (Fsp3) is 0.235. The van der Waals surface area contributed by atoms with Gasteiger partial charge in [-0.05, 0) is 0 Å². The summed E-state index contributed by atoms with van der Waals surface area (Å²) in [7, 11) is 3.25. The van der Waals surface area contributed by atoms with Gasteiger partial charge in [0.2, 0.25) is 0 Å². The Morgan fingerprint density at radius 1 is 1.22 bits per heavy atom. The monoisotopic (exact) mass is 372 g/mol. The molecule has 1 aromatic carbocycles. The van der Waals surface area contributed by atoms with E-state index in [9.17, 15) is 9.18 Å². The molecule has 140 valence electrons. The van der Waals surface area contributed by atoms with Gasteiger partial charge in [0.15, 0.2) is 17.1 Å². The highest BCUT2D eigenvalue weighted by Crippen LogP contribution is 2.39. The number of halogens is 1. The van der Waals surface area contributed by atoms with E-state index in [0.29, 0.717) is 53.2 Å². The maximum Gasteiger partial charge on any atom is 0.256 e. The summed E-state index contributed by atoms with van der Waals surface area (Å²) in [5.41, 5.74) is 1.05. The van der Waals surface area contributed by atoms with Crippen molar-refractivity contribution in [2.24, 2.45) is 0 Å². The van der Waals surface area contributed by atoms with Crippen molar-refractivity contribution in [1.29, 1.82) is 0 Å². The van der Waals surface area contributed by atoms with Crippen LogP contribution < -0.4 is 25.4 Å². The van der Waals surface area contributed by atoms with Gasteiger partial charge in [-0.15, -0.1) is 0 Å². The van der Waals surface area contributed by atoms with Gasteiger partial charge < -0.3 is 25.4 Å². The van der Waals surface area contributed by atoms with Crippen molar-refractivity contribution >= 4 is 28.9 Å². The van der Waals surface area contributed by atoms with E-state index in [1.165, 1.54) is 29.9 Å². The zero-order valence-electron chi connectivity index (χ0n) is 14.7. The molecule has 0 radical (unpaired) electrons. The summed E-state index contributed by atoms with van der Waals surface area (Å²) in [6, 6.07) is 4.26. The highest BCUT2D eigenvalue weighted by atomic mass is 19.1. The number of benzene rings is 1. The fourth-order valence-electron chi connectivity index (χ4n) is 2.85. The minimum Gasteiger partial charge on any atom is -0.486 e. The fourth-order valence-corrected chi connectivity index (χ4v) is 2.85. The number of fused-ring (bicyclic) bond motifs is 2. The quantitative estimate of drug-likeness (QED) is 0.642. The molecule has 0 unspecified atom stereocenters. The normalized spacial score (nSPS) is 12.7. The number of rotatable bonds is 4. The first-order valence-electron chi connectivity index (χ1n) is 8.25. The summed E-state index contributed by atoms with van der Waals surface area (Å²) < 4.78 is 26.5. The van der Waals surface area contributed by atoms with Crippen molar-refractivity contribution in [3.8, 4) is 11.5 Å². The van der Waals surface area contributed by atoms with Crippen LogP contribution in [0, 0.1) is 5.82 Å². The molecule has 0 bridgehead atoms. The molecule has 2 aromatic heterocycles. The van der Waals surface area contributed by atoms with Crippen LogP contribution in [0.25, 0.3) is 5.65 Å². The zero-order chi connectivity index (χ0) is 19.0. The molecule has 4 rings (SSSR count). The van der Waals surface area contributed by atoms with Crippen LogP contribution in [-0.4, -0.2) is 47.8 Å². The second-order valence-corrected chi connectivity index (χ2v) is 5.75. The summed E-state index contributed by atoms with van der Waals surface area (Å²) >= 11 is 0. The zero-order valence-corrected chi connectivity index (χ0v) is 14.7. The number of ether oxygens (including phenoxy) is 2. The summed E-state index contributed by atoms with van der Waals surface area (Å²) in [5, 5.41) is 12.8. The van der Waals surface area contributed by atoms with Gasteiger partial charge in [0, 0.05) is 32.3 Å². The number of aromatic nitrogens is 3. The van der Waals surface area contributed by atoms with Crippen LogP contribution >= 0.6 is 0 Å². The van der Waals surface area contributed by atoms with Crippen LogP contribution in [0.3, 0.4) is 0 Å². The van der Waals surface area contributed by atoms with E-state index in [1.807, 2.05) is 0 Å². The smallest absolute Gasteiger partial charge is 0.256 e. The van der Waals surface area contributed by atoms with E-state index in [4.69, 9.17) is 9.47 Å². The molecule has 0 fully saturated rings. The predicted molar refractivity (Wildman–Crippen MR) is 96.6 cm³/mol. The molecular weight excluding hydrogens is 355 g/mol. The Morgan fingerprint density at radius 3 is 2.81 bits per heavy atom.